The fraction of sp³-hybridized carbons (Fsp3) is 0.400. The van der Waals surface area contributed by atoms with E-state index in [4.69, 9.17) is 19.2 Å². The molecule has 0 bridgehead atoms. The van der Waals surface area contributed by atoms with E-state index < -0.39 is 21.4 Å². The number of rotatable bonds is 6. The van der Waals surface area contributed by atoms with Crippen LogP contribution in [0.5, 0.6) is 5.88 Å². The van der Waals surface area contributed by atoms with Crippen molar-refractivity contribution in [3.63, 3.8) is 0 Å². The zero-order chi connectivity index (χ0) is 28.1. The lowest BCUT2D eigenvalue weighted by atomic mass is 9.26. The number of hydrogen-bond acceptors (Lipinski definition) is 8. The maximum Gasteiger partial charge on any atom is 0.408 e. The highest BCUT2D eigenvalue weighted by Gasteiger charge is 2.63. The normalized spacial score (nSPS) is 19.2. The van der Waals surface area contributed by atoms with Gasteiger partial charge in [-0.25, -0.2) is 19.3 Å². The summed E-state index contributed by atoms with van der Waals surface area (Å²) in [6.45, 7) is 0.543. The minimum atomic E-state index is -0.639. The largest absolute Gasteiger partial charge is 0.481 e. The first kappa shape index (κ1) is 28.1. The lowest BCUT2D eigenvalue weighted by Crippen LogP contribution is -2.93. The van der Waals surface area contributed by atoms with E-state index in [0.29, 0.717) is 18.1 Å². The van der Waals surface area contributed by atoms with Crippen molar-refractivity contribution < 1.29 is 19.0 Å². The van der Waals surface area contributed by atoms with Crippen LogP contribution in [-0.2, 0) is 9.47 Å². The third-order valence-electron chi connectivity index (χ3n) is 8.76. The molecule has 1 aliphatic rings. The van der Waals surface area contributed by atoms with Crippen LogP contribution in [0.15, 0.2) is 36.8 Å². The second kappa shape index (κ2) is 9.70. The predicted octanol–water partition coefficient (Wildman–Crippen LogP) is -6.62. The molecule has 0 N–H and O–H groups in total. The number of hydrogen-bond donors (Lipinski definition) is 0. The summed E-state index contributed by atoms with van der Waals surface area (Å²) in [6.07, 6.45) is 5.04. The number of carbonyl (C=O) groups excluding carboxylic acids is 1. The zero-order valence-electron chi connectivity index (χ0n) is 24.2. The number of aromatic nitrogens is 4. The van der Waals surface area contributed by atoms with Gasteiger partial charge < -0.3 is 24.0 Å². The average Bonchev–Trinajstić information content (AvgIpc) is 3.26. The van der Waals surface area contributed by atoms with Gasteiger partial charge in [0.25, 0.3) is 0 Å². The van der Waals surface area contributed by atoms with Crippen molar-refractivity contribution in [3.8, 4) is 17.0 Å². The highest BCUT2D eigenvalue weighted by Crippen LogP contribution is 2.45. The molecule has 0 unspecified atom stereocenters. The smallest absolute Gasteiger partial charge is 0.408 e. The van der Waals surface area contributed by atoms with Gasteiger partial charge in [0.1, 0.15) is 75.2 Å². The summed E-state index contributed by atoms with van der Waals surface area (Å²) in [7, 11) is 20.1. The highest BCUT2D eigenvalue weighted by atomic mass is 16.6. The van der Waals surface area contributed by atoms with Gasteiger partial charge in [-0.3, -0.25) is 0 Å². The lowest BCUT2D eigenvalue weighted by molar-refractivity contribution is 0.0404. The van der Waals surface area contributed by atoms with Gasteiger partial charge in [-0.05, 0) is 39.5 Å². The third kappa shape index (κ3) is 4.12. The van der Waals surface area contributed by atoms with Crippen LogP contribution in [0.3, 0.4) is 0 Å². The zero-order valence-corrected chi connectivity index (χ0v) is 24.2. The van der Waals surface area contributed by atoms with Crippen molar-refractivity contribution in [2.45, 2.75) is 21.4 Å². The summed E-state index contributed by atoms with van der Waals surface area (Å²) in [4.78, 5) is 27.2. The van der Waals surface area contributed by atoms with Gasteiger partial charge in [-0.15, -0.1) is 0 Å². The number of nitrogens with zero attached hydrogens (tertiary/aromatic N) is 6. The molecule has 0 spiro atoms. The molecule has 1 fully saturated rings. The fourth-order valence-corrected chi connectivity index (χ4v) is 5.73. The number of pyridine rings is 1. The Labute approximate surface area is 231 Å². The predicted molar refractivity (Wildman–Crippen MR) is 170 cm³/mol. The summed E-state index contributed by atoms with van der Waals surface area (Å²) in [5, 5.41) is 2.15. The second-order valence-electron chi connectivity index (χ2n) is 11.7. The van der Waals surface area contributed by atoms with Crippen molar-refractivity contribution in [2.75, 3.05) is 32.3 Å². The van der Waals surface area contributed by atoms with Crippen LogP contribution >= 0.6 is 0 Å². The molecular formula is C20H32B8N6O4. The molecule has 0 saturated carbocycles. The molecule has 1 aliphatic heterocycles. The van der Waals surface area contributed by atoms with Gasteiger partial charge in [-0.1, -0.05) is 0 Å². The van der Waals surface area contributed by atoms with Gasteiger partial charge in [-0.2, -0.15) is 5.10 Å². The van der Waals surface area contributed by atoms with Crippen LogP contribution < -0.4 is 9.64 Å². The molecule has 1 saturated heterocycles. The Morgan fingerprint density at radius 2 is 1.58 bits per heavy atom. The number of piperazine rings is 1. The van der Waals surface area contributed by atoms with E-state index in [2.05, 4.69) is 77.8 Å². The summed E-state index contributed by atoms with van der Waals surface area (Å²) >= 11 is 0. The van der Waals surface area contributed by atoms with Crippen molar-refractivity contribution >= 4 is 80.3 Å². The Hall–Kier alpha value is -2.88. The van der Waals surface area contributed by atoms with Crippen LogP contribution in [0.25, 0.3) is 16.8 Å². The molecule has 18 heteroatoms. The first-order chi connectivity index (χ1) is 17.7. The first-order valence-corrected chi connectivity index (χ1v) is 12.8. The standard InChI is InChI=1S/C20H32B8N6O4/c1-36-8-9-38-16(35)34-19(25,26)17(21,22)33(18(23,24)20(34,27)28)13-5-7-32-14(31-13)12(10-30-32)11-4-3-6-29-15(11)37-2/h3-7,10H,8-9,21-28H2,1-2H3. The van der Waals surface area contributed by atoms with Crippen molar-refractivity contribution in [2.24, 2.45) is 0 Å². The Bertz CT molecular complexity index is 1330. The number of anilines is 1. The average molecular weight is 507 g/mol. The Morgan fingerprint density at radius 3 is 2.18 bits per heavy atom. The molecule has 0 radical (unpaired) electrons. The van der Waals surface area contributed by atoms with E-state index >= 15 is 0 Å². The molecule has 0 aliphatic carbocycles. The van der Waals surface area contributed by atoms with Crippen LogP contribution in [-0.4, -0.2) is 142 Å². The van der Waals surface area contributed by atoms with Crippen LogP contribution in [0, 0.1) is 0 Å². The molecule has 190 valence electrons. The molecule has 0 atom stereocenters. The molecule has 3 aromatic rings. The number of methoxy groups -OCH3 is 2. The van der Waals surface area contributed by atoms with E-state index in [1.54, 1.807) is 31.1 Å². The van der Waals surface area contributed by atoms with Gasteiger partial charge in [0, 0.05) is 25.1 Å². The minimum Gasteiger partial charge on any atom is -0.481 e. The van der Waals surface area contributed by atoms with E-state index in [1.165, 1.54) is 0 Å². The number of fused-ring (bicyclic) bond motifs is 1. The summed E-state index contributed by atoms with van der Waals surface area (Å²) in [6, 6.07) is 5.80. The molecular weight excluding hydrogens is 475 g/mol. The van der Waals surface area contributed by atoms with Crippen molar-refractivity contribution in [1.29, 1.82) is 0 Å². The maximum absolute atomic E-state index is 13.5. The number of amides is 1. The Kier molecular flexibility index (Phi) is 7.18. The minimum absolute atomic E-state index is 0.197. The van der Waals surface area contributed by atoms with E-state index in [0.717, 1.165) is 16.9 Å². The van der Waals surface area contributed by atoms with Gasteiger partial charge in [0.05, 0.1) is 25.5 Å². The summed E-state index contributed by atoms with van der Waals surface area (Å²) in [5.74, 6) is 1.30. The summed E-state index contributed by atoms with van der Waals surface area (Å²) < 4.78 is 18.0. The third-order valence-corrected chi connectivity index (χ3v) is 8.76. The quantitative estimate of drug-likeness (QED) is 0.241. The topological polar surface area (TPSA) is 94.3 Å². The second-order valence-corrected chi connectivity index (χ2v) is 11.7. The molecule has 4 heterocycles. The molecule has 4 rings (SSSR count). The van der Waals surface area contributed by atoms with Crippen molar-refractivity contribution in [3.05, 3.63) is 36.8 Å². The first-order valence-electron chi connectivity index (χ1n) is 12.8. The highest BCUT2D eigenvalue weighted by molar-refractivity contribution is 6.62. The molecule has 38 heavy (non-hydrogen) atoms. The van der Waals surface area contributed by atoms with E-state index in [9.17, 15) is 4.79 Å². The molecule has 10 nitrogen and oxygen atoms in total. The van der Waals surface area contributed by atoms with Gasteiger partial charge in [0.15, 0.2) is 5.65 Å². The summed E-state index contributed by atoms with van der Waals surface area (Å²) in [5.41, 5.74) is 2.33. The number of ether oxygens (including phenoxy) is 3. The molecule has 0 aromatic carbocycles. The molecule has 3 aromatic heterocycles. The Balaban J connectivity index is 1.86. The van der Waals surface area contributed by atoms with Crippen molar-refractivity contribution in [1.82, 2.24) is 24.5 Å². The monoisotopic (exact) mass is 508 g/mol. The number of carbonyl (C=O) groups is 1. The van der Waals surface area contributed by atoms with Crippen LogP contribution in [0.4, 0.5) is 10.6 Å². The van der Waals surface area contributed by atoms with Gasteiger partial charge >= 0.3 is 6.09 Å². The van der Waals surface area contributed by atoms with Gasteiger partial charge in [0.2, 0.25) is 5.88 Å². The van der Waals surface area contributed by atoms with Crippen LogP contribution in [0.1, 0.15) is 0 Å². The maximum atomic E-state index is 13.5. The Morgan fingerprint density at radius 1 is 0.921 bits per heavy atom. The lowest BCUT2D eigenvalue weighted by Gasteiger charge is -2.73. The SMILES string of the molecule is BC1(B)N(C(=O)OCCOC)C(B)(B)C(B)(B)N(c2ccn3ncc(-c4cccnc4OC)c3n2)C1(B)B. The van der Waals surface area contributed by atoms with Crippen LogP contribution in [0.2, 0.25) is 0 Å². The fourth-order valence-electron chi connectivity index (χ4n) is 5.73. The van der Waals surface area contributed by atoms with E-state index in [1.807, 2.05) is 29.3 Å². The molecule has 1 amide bonds. The van der Waals surface area contributed by atoms with E-state index in [-0.39, 0.29) is 12.7 Å².